The lowest BCUT2D eigenvalue weighted by Gasteiger charge is -2.40. The molecule has 22 nitrogen and oxygen atoms in total. The molecule has 0 spiro atoms. The minimum absolute atomic E-state index is 0.0593. The minimum atomic E-state index is -1.26. The molecule has 2 saturated heterocycles. The standard InChI is InChI=1S/2C29H35FN4O.3C4H4O4/c2*1-3-33(4-2)29(35)24-12-10-23(11-13-24)28(25-6-5-7-27(31)20-25)34-18-16-32(17-19-34)21-22-8-14-26(30)15-9-22;3*5-3(6)1-2-4(7)8/h2*5-15,20,28H,3-4,16-19,21,31H2,1-2H3;3*1-2H,(H,5,6)(H,7,8)/b;;3*2-1+/t2*28-;;;/m11.../s1. The highest BCUT2D eigenvalue weighted by Gasteiger charge is 2.29. The molecule has 2 aliphatic heterocycles. The molecular formula is C70H82F2N8O14. The molecule has 6 aromatic carbocycles. The van der Waals surface area contributed by atoms with Crippen molar-refractivity contribution in [1.29, 1.82) is 0 Å². The highest BCUT2D eigenvalue weighted by atomic mass is 19.1. The van der Waals surface area contributed by atoms with Gasteiger partial charge in [-0.3, -0.25) is 29.2 Å². The van der Waals surface area contributed by atoms with E-state index in [1.807, 2.05) is 122 Å². The van der Waals surface area contributed by atoms with Gasteiger partial charge in [0.25, 0.3) is 11.8 Å². The van der Waals surface area contributed by atoms with E-state index in [2.05, 4.69) is 56.0 Å². The highest BCUT2D eigenvalue weighted by Crippen LogP contribution is 2.33. The Morgan fingerprint density at radius 1 is 0.394 bits per heavy atom. The van der Waals surface area contributed by atoms with E-state index in [1.54, 1.807) is 0 Å². The van der Waals surface area contributed by atoms with E-state index in [-0.39, 0.29) is 35.5 Å². The average molecular weight is 1300 g/mol. The maximum absolute atomic E-state index is 13.3. The second-order valence-electron chi connectivity index (χ2n) is 21.3. The molecule has 2 heterocycles. The van der Waals surface area contributed by atoms with Gasteiger partial charge in [-0.2, -0.15) is 0 Å². The predicted molar refractivity (Wildman–Crippen MR) is 353 cm³/mol. The second-order valence-corrected chi connectivity index (χ2v) is 21.3. The largest absolute Gasteiger partial charge is 0.478 e. The molecule has 2 aliphatic rings. The molecule has 8 rings (SSSR count). The lowest BCUT2D eigenvalue weighted by atomic mass is 9.95. The third-order valence-electron chi connectivity index (χ3n) is 14.8. The molecule has 2 fully saturated rings. The first kappa shape index (κ1) is 76.1. The summed E-state index contributed by atoms with van der Waals surface area (Å²) in [6, 6.07) is 45.9. The van der Waals surface area contributed by atoms with E-state index in [0.717, 1.165) is 110 Å². The number of amides is 2. The van der Waals surface area contributed by atoms with E-state index in [0.29, 0.717) is 73.8 Å². The third kappa shape index (κ3) is 26.8. The summed E-state index contributed by atoms with van der Waals surface area (Å²) in [5.41, 5.74) is 22.1. The number of halogens is 2. The van der Waals surface area contributed by atoms with Crippen molar-refractivity contribution < 1.29 is 77.8 Å². The molecule has 2 atom stereocenters. The first-order valence-electron chi connectivity index (χ1n) is 30.2. The summed E-state index contributed by atoms with van der Waals surface area (Å²) in [5.74, 6) is -7.81. The Kier molecular flexibility index (Phi) is 32.2. The monoisotopic (exact) mass is 1300 g/mol. The van der Waals surface area contributed by atoms with Gasteiger partial charge in [-0.1, -0.05) is 72.8 Å². The molecule has 500 valence electrons. The molecule has 0 saturated carbocycles. The Morgan fingerprint density at radius 2 is 0.660 bits per heavy atom. The predicted octanol–water partition coefficient (Wildman–Crippen LogP) is 8.73. The van der Waals surface area contributed by atoms with Crippen LogP contribution in [0.5, 0.6) is 0 Å². The number of benzene rings is 6. The average Bonchev–Trinajstić information content (AvgIpc) is 0.815. The molecule has 0 unspecified atom stereocenters. The van der Waals surface area contributed by atoms with Gasteiger partial charge in [0, 0.05) is 151 Å². The number of carboxylic acid groups (broad SMARTS) is 6. The Morgan fingerprint density at radius 3 is 0.894 bits per heavy atom. The Balaban J connectivity index is 0.000000297. The first-order chi connectivity index (χ1) is 44.8. The van der Waals surface area contributed by atoms with Crippen LogP contribution in [-0.2, 0) is 41.9 Å². The van der Waals surface area contributed by atoms with Gasteiger partial charge in [-0.15, -0.1) is 0 Å². The number of anilines is 2. The number of carboxylic acids is 6. The summed E-state index contributed by atoms with van der Waals surface area (Å²) in [7, 11) is 0. The fourth-order valence-corrected chi connectivity index (χ4v) is 10.2. The highest BCUT2D eigenvalue weighted by molar-refractivity contribution is 5.95. The Bertz CT molecular complexity index is 3200. The van der Waals surface area contributed by atoms with Gasteiger partial charge >= 0.3 is 35.8 Å². The topological polar surface area (TPSA) is 329 Å². The van der Waals surface area contributed by atoms with E-state index in [9.17, 15) is 47.1 Å². The zero-order chi connectivity index (χ0) is 69.3. The number of piperazine rings is 2. The molecule has 0 bridgehead atoms. The molecule has 6 aromatic rings. The smallest absolute Gasteiger partial charge is 0.328 e. The lowest BCUT2D eigenvalue weighted by Crippen LogP contribution is -2.47. The van der Waals surface area contributed by atoms with E-state index >= 15 is 0 Å². The van der Waals surface area contributed by atoms with Gasteiger partial charge in [0.2, 0.25) is 0 Å². The van der Waals surface area contributed by atoms with Crippen molar-refractivity contribution in [1.82, 2.24) is 29.4 Å². The van der Waals surface area contributed by atoms with Crippen molar-refractivity contribution in [2.45, 2.75) is 52.9 Å². The number of hydrogen-bond donors (Lipinski definition) is 8. The van der Waals surface area contributed by atoms with Crippen LogP contribution < -0.4 is 11.5 Å². The van der Waals surface area contributed by atoms with Crippen LogP contribution in [0.2, 0.25) is 0 Å². The number of rotatable bonds is 22. The van der Waals surface area contributed by atoms with E-state index in [4.69, 9.17) is 42.1 Å². The van der Waals surface area contributed by atoms with Crippen LogP contribution in [0.25, 0.3) is 0 Å². The SMILES string of the molecule is CCN(CC)C(=O)c1ccc([C@H](c2cccc(N)c2)N2CCN(Cc3ccc(F)cc3)CC2)cc1.CCN(CC)C(=O)c1ccc([C@H](c2cccc(N)c2)N2CCN(Cc3ccc(F)cc3)CC2)cc1.O=C(O)/C=C/C(=O)O.O=C(O)/C=C/C(=O)O.O=C(O)/C=C/C(=O)O. The minimum Gasteiger partial charge on any atom is -0.478 e. The molecule has 0 aliphatic carbocycles. The van der Waals surface area contributed by atoms with Crippen LogP contribution in [0.1, 0.15) is 93.9 Å². The molecule has 0 radical (unpaired) electrons. The zero-order valence-electron chi connectivity index (χ0n) is 52.9. The Labute approximate surface area is 545 Å². The normalized spacial score (nSPS) is 14.1. The van der Waals surface area contributed by atoms with E-state index < -0.39 is 35.8 Å². The number of nitrogen functional groups attached to an aromatic ring is 2. The summed E-state index contributed by atoms with van der Waals surface area (Å²) < 4.78 is 26.5. The number of nitrogens with two attached hydrogens (primary N) is 2. The quantitative estimate of drug-likeness (QED) is 0.0232. The van der Waals surface area contributed by atoms with Crippen molar-refractivity contribution in [3.8, 4) is 0 Å². The van der Waals surface area contributed by atoms with Gasteiger partial charge in [-0.25, -0.2) is 37.5 Å². The van der Waals surface area contributed by atoms with Crippen molar-refractivity contribution >= 4 is 59.0 Å². The number of carbonyl (C=O) groups is 8. The zero-order valence-corrected chi connectivity index (χ0v) is 52.9. The number of hydrogen-bond acceptors (Lipinski definition) is 14. The maximum Gasteiger partial charge on any atom is 0.328 e. The number of aliphatic carboxylic acids is 6. The van der Waals surface area contributed by atoms with Crippen LogP contribution in [0.3, 0.4) is 0 Å². The van der Waals surface area contributed by atoms with Crippen molar-refractivity contribution in [2.75, 3.05) is 90.0 Å². The maximum atomic E-state index is 13.3. The van der Waals surface area contributed by atoms with Crippen molar-refractivity contribution in [3.63, 3.8) is 0 Å². The first-order valence-corrected chi connectivity index (χ1v) is 30.2. The van der Waals surface area contributed by atoms with Crippen molar-refractivity contribution in [3.05, 3.63) is 238 Å². The second kappa shape index (κ2) is 39.8. The lowest BCUT2D eigenvalue weighted by molar-refractivity contribution is -0.134. The summed E-state index contributed by atoms with van der Waals surface area (Å²) in [5, 5.41) is 46.9. The van der Waals surface area contributed by atoms with Gasteiger partial charge in [0.05, 0.1) is 12.1 Å². The molecule has 10 N–H and O–H groups in total. The van der Waals surface area contributed by atoms with Crippen LogP contribution in [-0.4, -0.2) is 186 Å². The molecule has 94 heavy (non-hydrogen) atoms. The number of carbonyl (C=O) groups excluding carboxylic acids is 2. The fraction of sp³-hybridized carbons (Fsp3) is 0.286. The summed E-state index contributed by atoms with van der Waals surface area (Å²) in [6.45, 7) is 19.8. The van der Waals surface area contributed by atoms with Gasteiger partial charge in [0.15, 0.2) is 0 Å². The summed E-state index contributed by atoms with van der Waals surface area (Å²) in [6.07, 6.45) is 3.35. The summed E-state index contributed by atoms with van der Waals surface area (Å²) >= 11 is 0. The van der Waals surface area contributed by atoms with E-state index in [1.165, 1.54) is 24.3 Å². The molecule has 0 aromatic heterocycles. The Hall–Kier alpha value is -10.4. The third-order valence-corrected chi connectivity index (χ3v) is 14.8. The van der Waals surface area contributed by atoms with Gasteiger partial charge in [-0.05, 0) is 134 Å². The molecule has 24 heteroatoms. The number of nitrogens with zero attached hydrogens (tertiary/aromatic N) is 6. The van der Waals surface area contributed by atoms with Gasteiger partial charge in [0.1, 0.15) is 11.6 Å². The van der Waals surface area contributed by atoms with Gasteiger partial charge < -0.3 is 51.9 Å². The molecule has 2 amide bonds. The van der Waals surface area contributed by atoms with Crippen LogP contribution >= 0.6 is 0 Å². The fourth-order valence-electron chi connectivity index (χ4n) is 10.2. The van der Waals surface area contributed by atoms with Crippen LogP contribution in [0.4, 0.5) is 20.2 Å². The van der Waals surface area contributed by atoms with Crippen LogP contribution in [0, 0.1) is 11.6 Å². The molecular weight excluding hydrogens is 1210 g/mol. The summed E-state index contributed by atoms with van der Waals surface area (Å²) in [4.78, 5) is 96.3. The van der Waals surface area contributed by atoms with Crippen LogP contribution in [0.15, 0.2) is 182 Å². The van der Waals surface area contributed by atoms with Crippen molar-refractivity contribution in [2.24, 2.45) is 0 Å².